The number of fused-ring (bicyclic) bond motifs is 1. The first-order valence-corrected chi connectivity index (χ1v) is 5.60. The van der Waals surface area contributed by atoms with Gasteiger partial charge in [-0.25, -0.2) is 4.98 Å². The van der Waals surface area contributed by atoms with Crippen LogP contribution in [0.3, 0.4) is 0 Å². The molecule has 3 rings (SSSR count). The highest BCUT2D eigenvalue weighted by Gasteiger charge is 2.03. The zero-order valence-corrected chi connectivity index (χ0v) is 9.38. The lowest BCUT2D eigenvalue weighted by Crippen LogP contribution is -1.97. The van der Waals surface area contributed by atoms with Crippen molar-refractivity contribution in [2.24, 2.45) is 5.73 Å². The van der Waals surface area contributed by atoms with E-state index in [1.165, 1.54) is 0 Å². The zero-order valence-electron chi connectivity index (χ0n) is 9.38. The zero-order chi connectivity index (χ0) is 11.7. The Labute approximate surface area is 99.5 Å². The molecule has 0 aliphatic carbocycles. The monoisotopic (exact) mass is 223 g/mol. The van der Waals surface area contributed by atoms with Crippen molar-refractivity contribution < 1.29 is 0 Å². The summed E-state index contributed by atoms with van der Waals surface area (Å²) in [6, 6.07) is 14.4. The number of pyridine rings is 1. The largest absolute Gasteiger partial charge is 0.326 e. The fourth-order valence-electron chi connectivity index (χ4n) is 2.04. The van der Waals surface area contributed by atoms with E-state index in [1.807, 2.05) is 36.7 Å². The standard InChI is InChI=1S/C14H13N3/c15-10-11-3-1-4-12(9-11)13-5-2-6-14-16-7-8-17(13)14/h1-9H,10,15H2. The number of nitrogens with two attached hydrogens (primary N) is 1. The van der Waals surface area contributed by atoms with E-state index in [-0.39, 0.29) is 0 Å². The van der Waals surface area contributed by atoms with Gasteiger partial charge in [0, 0.05) is 18.9 Å². The second kappa shape index (κ2) is 4.03. The predicted molar refractivity (Wildman–Crippen MR) is 68.5 cm³/mol. The van der Waals surface area contributed by atoms with E-state index >= 15 is 0 Å². The van der Waals surface area contributed by atoms with E-state index in [0.29, 0.717) is 6.54 Å². The summed E-state index contributed by atoms with van der Waals surface area (Å²) in [6.45, 7) is 0.563. The quantitative estimate of drug-likeness (QED) is 0.725. The Balaban J connectivity index is 2.23. The van der Waals surface area contributed by atoms with Crippen molar-refractivity contribution in [3.63, 3.8) is 0 Å². The van der Waals surface area contributed by atoms with Crippen molar-refractivity contribution in [1.29, 1.82) is 0 Å². The summed E-state index contributed by atoms with van der Waals surface area (Å²) in [5.41, 5.74) is 10.1. The Morgan fingerprint density at radius 3 is 2.88 bits per heavy atom. The average Bonchev–Trinajstić information content (AvgIpc) is 2.87. The fourth-order valence-corrected chi connectivity index (χ4v) is 2.04. The van der Waals surface area contributed by atoms with Crippen LogP contribution in [0.5, 0.6) is 0 Å². The number of rotatable bonds is 2. The van der Waals surface area contributed by atoms with Crippen LogP contribution in [0.15, 0.2) is 54.9 Å². The van der Waals surface area contributed by atoms with Gasteiger partial charge < -0.3 is 5.73 Å². The normalized spacial score (nSPS) is 10.9. The van der Waals surface area contributed by atoms with Crippen molar-refractivity contribution in [1.82, 2.24) is 9.38 Å². The lowest BCUT2D eigenvalue weighted by molar-refractivity contribution is 1.07. The number of hydrogen-bond donors (Lipinski definition) is 1. The first-order valence-electron chi connectivity index (χ1n) is 5.60. The molecule has 2 aromatic heterocycles. The molecular formula is C14H13N3. The van der Waals surface area contributed by atoms with Crippen LogP contribution >= 0.6 is 0 Å². The predicted octanol–water partition coefficient (Wildman–Crippen LogP) is 2.46. The van der Waals surface area contributed by atoms with Gasteiger partial charge in [-0.3, -0.25) is 4.40 Å². The van der Waals surface area contributed by atoms with E-state index in [1.54, 1.807) is 0 Å². The van der Waals surface area contributed by atoms with Gasteiger partial charge in [-0.05, 0) is 29.3 Å². The molecule has 0 aliphatic rings. The lowest BCUT2D eigenvalue weighted by Gasteiger charge is -2.07. The molecule has 0 unspecified atom stereocenters. The molecule has 0 fully saturated rings. The lowest BCUT2D eigenvalue weighted by atomic mass is 10.1. The van der Waals surface area contributed by atoms with Crippen LogP contribution in [0.25, 0.3) is 16.9 Å². The van der Waals surface area contributed by atoms with Crippen LogP contribution in [0.4, 0.5) is 0 Å². The third-order valence-electron chi connectivity index (χ3n) is 2.89. The van der Waals surface area contributed by atoms with Crippen LogP contribution < -0.4 is 5.73 Å². The highest BCUT2D eigenvalue weighted by molar-refractivity contribution is 5.64. The molecule has 17 heavy (non-hydrogen) atoms. The molecule has 2 N–H and O–H groups in total. The minimum Gasteiger partial charge on any atom is -0.326 e. The molecule has 0 bridgehead atoms. The van der Waals surface area contributed by atoms with Crippen molar-refractivity contribution in [2.75, 3.05) is 0 Å². The summed E-state index contributed by atoms with van der Waals surface area (Å²) in [6.07, 6.45) is 3.78. The first kappa shape index (κ1) is 10.1. The maximum absolute atomic E-state index is 5.67. The molecule has 1 aromatic carbocycles. The molecule has 0 saturated carbocycles. The topological polar surface area (TPSA) is 43.3 Å². The molecule has 0 atom stereocenters. The molecule has 0 amide bonds. The second-order valence-electron chi connectivity index (χ2n) is 3.97. The maximum Gasteiger partial charge on any atom is 0.137 e. The Morgan fingerprint density at radius 1 is 1.12 bits per heavy atom. The highest BCUT2D eigenvalue weighted by Crippen LogP contribution is 2.21. The first-order chi connectivity index (χ1) is 8.38. The van der Waals surface area contributed by atoms with Crippen LogP contribution in [0, 0.1) is 0 Å². The van der Waals surface area contributed by atoms with E-state index in [9.17, 15) is 0 Å². The summed E-state index contributed by atoms with van der Waals surface area (Å²) in [7, 11) is 0. The number of benzene rings is 1. The third-order valence-corrected chi connectivity index (χ3v) is 2.89. The van der Waals surface area contributed by atoms with Gasteiger partial charge in [0.25, 0.3) is 0 Å². The number of hydrogen-bond acceptors (Lipinski definition) is 2. The van der Waals surface area contributed by atoms with Gasteiger partial charge in [-0.1, -0.05) is 24.3 Å². The van der Waals surface area contributed by atoms with Gasteiger partial charge in [-0.2, -0.15) is 0 Å². The minimum atomic E-state index is 0.563. The van der Waals surface area contributed by atoms with Gasteiger partial charge in [-0.15, -0.1) is 0 Å². The maximum atomic E-state index is 5.67. The smallest absolute Gasteiger partial charge is 0.137 e. The van der Waals surface area contributed by atoms with Crippen molar-refractivity contribution in [3.8, 4) is 11.3 Å². The molecule has 0 aliphatic heterocycles. The van der Waals surface area contributed by atoms with Crippen molar-refractivity contribution in [2.45, 2.75) is 6.54 Å². The average molecular weight is 223 g/mol. The van der Waals surface area contributed by atoms with Crippen LogP contribution in [0.2, 0.25) is 0 Å². The highest BCUT2D eigenvalue weighted by atomic mass is 15.0. The van der Waals surface area contributed by atoms with Crippen molar-refractivity contribution >= 4 is 5.65 Å². The minimum absolute atomic E-state index is 0.563. The van der Waals surface area contributed by atoms with Crippen LogP contribution in [0.1, 0.15) is 5.56 Å². The molecule has 2 heterocycles. The van der Waals surface area contributed by atoms with Gasteiger partial charge >= 0.3 is 0 Å². The van der Waals surface area contributed by atoms with Gasteiger partial charge in [0.15, 0.2) is 0 Å². The number of nitrogens with zero attached hydrogens (tertiary/aromatic N) is 2. The number of aromatic nitrogens is 2. The molecule has 3 heteroatoms. The van der Waals surface area contributed by atoms with Crippen molar-refractivity contribution in [3.05, 3.63) is 60.4 Å². The molecule has 3 nitrogen and oxygen atoms in total. The second-order valence-corrected chi connectivity index (χ2v) is 3.97. The van der Waals surface area contributed by atoms with E-state index in [0.717, 1.165) is 22.5 Å². The molecule has 84 valence electrons. The summed E-state index contributed by atoms with van der Waals surface area (Å²) < 4.78 is 2.08. The summed E-state index contributed by atoms with van der Waals surface area (Å²) >= 11 is 0. The Kier molecular flexibility index (Phi) is 2.38. The van der Waals surface area contributed by atoms with E-state index in [2.05, 4.69) is 27.6 Å². The molecular weight excluding hydrogens is 210 g/mol. The Bertz CT molecular complexity index is 655. The molecule has 0 spiro atoms. The molecule has 0 radical (unpaired) electrons. The van der Waals surface area contributed by atoms with E-state index < -0.39 is 0 Å². The third kappa shape index (κ3) is 1.70. The van der Waals surface area contributed by atoms with Gasteiger partial charge in [0.2, 0.25) is 0 Å². The summed E-state index contributed by atoms with van der Waals surface area (Å²) in [5, 5.41) is 0. The Hall–Kier alpha value is -2.13. The van der Waals surface area contributed by atoms with Gasteiger partial charge in [0.1, 0.15) is 5.65 Å². The van der Waals surface area contributed by atoms with Crippen LogP contribution in [-0.4, -0.2) is 9.38 Å². The van der Waals surface area contributed by atoms with E-state index in [4.69, 9.17) is 5.73 Å². The molecule has 3 aromatic rings. The SMILES string of the molecule is NCc1cccc(-c2cccc3nccn23)c1. The summed E-state index contributed by atoms with van der Waals surface area (Å²) in [5.74, 6) is 0. The van der Waals surface area contributed by atoms with Crippen LogP contribution in [-0.2, 0) is 6.54 Å². The van der Waals surface area contributed by atoms with Gasteiger partial charge in [0.05, 0.1) is 5.69 Å². The fraction of sp³-hybridized carbons (Fsp3) is 0.0714. The summed E-state index contributed by atoms with van der Waals surface area (Å²) in [4.78, 5) is 4.29. The molecule has 0 saturated heterocycles. The Morgan fingerprint density at radius 2 is 2.00 bits per heavy atom. The number of imidazole rings is 1.